The van der Waals surface area contributed by atoms with E-state index in [1.54, 1.807) is 4.68 Å². The zero-order chi connectivity index (χ0) is 32.2. The summed E-state index contributed by atoms with van der Waals surface area (Å²) in [5, 5.41) is 10.8. The number of rotatable bonds is 15. The van der Waals surface area contributed by atoms with Crippen molar-refractivity contribution in [2.45, 2.75) is 113 Å². The molecule has 0 atom stereocenters. The van der Waals surface area contributed by atoms with E-state index in [9.17, 15) is 9.59 Å². The molecule has 10 nitrogen and oxygen atoms in total. The van der Waals surface area contributed by atoms with Gasteiger partial charge in [-0.15, -0.1) is 5.10 Å². The summed E-state index contributed by atoms with van der Waals surface area (Å²) in [6, 6.07) is 0. The molecule has 2 saturated heterocycles. The zero-order valence-corrected chi connectivity index (χ0v) is 28.9. The highest BCUT2D eigenvalue weighted by molar-refractivity contribution is 5.80. The van der Waals surface area contributed by atoms with Gasteiger partial charge in [-0.2, -0.15) is 0 Å². The lowest BCUT2D eigenvalue weighted by atomic mass is 10.0. The first-order valence-corrected chi connectivity index (χ1v) is 16.9. The van der Waals surface area contributed by atoms with E-state index in [1.165, 1.54) is 51.9 Å². The summed E-state index contributed by atoms with van der Waals surface area (Å²) >= 11 is 0. The van der Waals surface area contributed by atoms with Crippen molar-refractivity contribution in [3.05, 3.63) is 11.9 Å². The first-order chi connectivity index (χ1) is 20.5. The van der Waals surface area contributed by atoms with Gasteiger partial charge in [0, 0.05) is 83.3 Å². The van der Waals surface area contributed by atoms with Gasteiger partial charge in [0.1, 0.15) is 5.78 Å². The van der Waals surface area contributed by atoms with Crippen LogP contribution in [0.15, 0.2) is 6.20 Å². The summed E-state index contributed by atoms with van der Waals surface area (Å²) in [6.07, 6.45) is 8.75. The van der Waals surface area contributed by atoms with Gasteiger partial charge < -0.3 is 24.6 Å². The predicted molar refractivity (Wildman–Crippen MR) is 174 cm³/mol. The van der Waals surface area contributed by atoms with Crippen molar-refractivity contribution in [3.63, 3.8) is 0 Å². The van der Waals surface area contributed by atoms with Crippen LogP contribution >= 0.6 is 0 Å². The van der Waals surface area contributed by atoms with Crippen LogP contribution in [-0.2, 0) is 32.0 Å². The van der Waals surface area contributed by atoms with Crippen LogP contribution in [0, 0.1) is 17.8 Å². The van der Waals surface area contributed by atoms with Crippen LogP contribution in [0.2, 0.25) is 0 Å². The number of aromatic nitrogens is 3. The molecule has 3 heterocycles. The number of Topliss-reactive ketones (excluding diaryl/α,β-unsaturated/α-hetero) is 1. The standard InChI is InChI=1S/C17H34N2O2.C14H24N4O2.C2H6/c1-15(2)14-20-13-12-19-10-6-17(7-11-19)21-16-4-8-18(3)9-5-16;1-10(2)13(19)6-8-18-9-12(16-17-18)5-7-15-14(20)11(3)4;1-2/h15-17H,4-14H2,1-3H3;9-11H,5-8H2,1-4H3,(H,15,20);1-2H3. The van der Waals surface area contributed by atoms with Crippen LogP contribution in [-0.4, -0.2) is 108 Å². The Morgan fingerprint density at radius 2 is 1.53 bits per heavy atom. The normalized spacial score (nSPS) is 17.0. The van der Waals surface area contributed by atoms with E-state index < -0.39 is 0 Å². The number of nitrogens with one attached hydrogen (secondary N) is 1. The van der Waals surface area contributed by atoms with Crippen molar-refractivity contribution in [1.82, 2.24) is 30.1 Å². The van der Waals surface area contributed by atoms with E-state index in [1.807, 2.05) is 47.7 Å². The predicted octanol–water partition coefficient (Wildman–Crippen LogP) is 4.47. The molecule has 43 heavy (non-hydrogen) atoms. The third-order valence-electron chi connectivity index (χ3n) is 7.61. The summed E-state index contributed by atoms with van der Waals surface area (Å²) in [4.78, 5) is 27.8. The Kier molecular flexibility index (Phi) is 20.6. The van der Waals surface area contributed by atoms with Crippen LogP contribution in [0.3, 0.4) is 0 Å². The number of hydrogen-bond acceptors (Lipinski definition) is 8. The molecule has 1 amide bonds. The molecule has 2 aliphatic heterocycles. The van der Waals surface area contributed by atoms with Gasteiger partial charge in [-0.1, -0.05) is 60.6 Å². The minimum atomic E-state index is -0.00673. The smallest absolute Gasteiger partial charge is 0.222 e. The van der Waals surface area contributed by atoms with Crippen LogP contribution in [0.25, 0.3) is 0 Å². The number of piperidine rings is 2. The monoisotopic (exact) mass is 608 g/mol. The third-order valence-corrected chi connectivity index (χ3v) is 7.61. The maximum absolute atomic E-state index is 11.5. The minimum Gasteiger partial charge on any atom is -0.380 e. The molecule has 0 radical (unpaired) electrons. The van der Waals surface area contributed by atoms with Crippen molar-refractivity contribution >= 4 is 11.7 Å². The molecular weight excluding hydrogens is 544 g/mol. The Labute approximate surface area is 262 Å². The Hall–Kier alpha value is -1.88. The molecule has 0 spiro atoms. The molecule has 0 unspecified atom stereocenters. The summed E-state index contributed by atoms with van der Waals surface area (Å²) in [6.45, 7) is 24.6. The molecule has 250 valence electrons. The third kappa shape index (κ3) is 17.9. The molecular formula is C33H64N6O4. The summed E-state index contributed by atoms with van der Waals surface area (Å²) in [5.41, 5.74) is 0.825. The van der Waals surface area contributed by atoms with Crippen molar-refractivity contribution in [3.8, 4) is 0 Å². The van der Waals surface area contributed by atoms with Gasteiger partial charge in [-0.05, 0) is 38.6 Å². The van der Waals surface area contributed by atoms with E-state index in [0.29, 0.717) is 44.1 Å². The molecule has 0 bridgehead atoms. The molecule has 2 aliphatic rings. The van der Waals surface area contributed by atoms with Gasteiger partial charge in [0.15, 0.2) is 0 Å². The van der Waals surface area contributed by atoms with Crippen molar-refractivity contribution in [2.75, 3.05) is 59.5 Å². The van der Waals surface area contributed by atoms with Crippen molar-refractivity contribution in [2.24, 2.45) is 17.8 Å². The Balaban J connectivity index is 0.000000407. The second-order valence-electron chi connectivity index (χ2n) is 12.7. The maximum atomic E-state index is 11.5. The maximum Gasteiger partial charge on any atom is 0.222 e. The lowest BCUT2D eigenvalue weighted by molar-refractivity contribution is -0.124. The average Bonchev–Trinajstić information content (AvgIpc) is 3.44. The van der Waals surface area contributed by atoms with E-state index in [0.717, 1.165) is 25.5 Å². The Morgan fingerprint density at radius 3 is 2.09 bits per heavy atom. The molecule has 0 aromatic carbocycles. The van der Waals surface area contributed by atoms with Gasteiger partial charge in [-0.3, -0.25) is 14.3 Å². The SMILES string of the molecule is CC.CC(C)C(=O)CCn1cc(CCNC(=O)C(C)C)nn1.CC(C)COCCN1CCC(OC2CCN(C)CC2)CC1. The van der Waals surface area contributed by atoms with Crippen LogP contribution in [0.1, 0.15) is 93.2 Å². The van der Waals surface area contributed by atoms with Gasteiger partial charge in [-0.25, -0.2) is 0 Å². The van der Waals surface area contributed by atoms with E-state index in [2.05, 4.69) is 46.3 Å². The number of ether oxygens (including phenoxy) is 2. The quantitative estimate of drug-likeness (QED) is 0.291. The molecule has 1 aromatic rings. The number of nitrogens with zero attached hydrogens (tertiary/aromatic N) is 5. The highest BCUT2D eigenvalue weighted by Crippen LogP contribution is 2.20. The average molecular weight is 609 g/mol. The lowest BCUT2D eigenvalue weighted by Gasteiger charge is -2.36. The molecule has 1 aromatic heterocycles. The van der Waals surface area contributed by atoms with Crippen LogP contribution < -0.4 is 5.32 Å². The summed E-state index contributed by atoms with van der Waals surface area (Å²) in [7, 11) is 2.20. The molecule has 1 N–H and O–H groups in total. The fourth-order valence-electron chi connectivity index (χ4n) is 4.77. The van der Waals surface area contributed by atoms with Crippen molar-refractivity contribution in [1.29, 1.82) is 0 Å². The zero-order valence-electron chi connectivity index (χ0n) is 28.9. The fourth-order valence-corrected chi connectivity index (χ4v) is 4.77. The fraction of sp³-hybridized carbons (Fsp3) is 0.879. The second-order valence-corrected chi connectivity index (χ2v) is 12.7. The Bertz CT molecular complexity index is 859. The molecule has 0 aliphatic carbocycles. The number of amides is 1. The number of carbonyl (C=O) groups excluding carboxylic acids is 2. The van der Waals surface area contributed by atoms with E-state index in [-0.39, 0.29) is 23.5 Å². The number of aryl methyl sites for hydroxylation is 1. The van der Waals surface area contributed by atoms with Gasteiger partial charge in [0.25, 0.3) is 0 Å². The minimum absolute atomic E-state index is 0.00673. The molecule has 2 fully saturated rings. The topological polar surface area (TPSA) is 102 Å². The number of ketones is 1. The Morgan fingerprint density at radius 1 is 0.930 bits per heavy atom. The number of hydrogen-bond donors (Lipinski definition) is 1. The summed E-state index contributed by atoms with van der Waals surface area (Å²) in [5.74, 6) is 0.960. The number of carbonyl (C=O) groups is 2. The highest BCUT2D eigenvalue weighted by Gasteiger charge is 2.24. The summed E-state index contributed by atoms with van der Waals surface area (Å²) < 4.78 is 13.7. The first kappa shape index (κ1) is 39.1. The van der Waals surface area contributed by atoms with Gasteiger partial charge in [0.05, 0.1) is 24.5 Å². The van der Waals surface area contributed by atoms with Crippen LogP contribution in [0.5, 0.6) is 0 Å². The van der Waals surface area contributed by atoms with Gasteiger partial charge in [0.2, 0.25) is 5.91 Å². The molecule has 10 heteroatoms. The van der Waals surface area contributed by atoms with E-state index in [4.69, 9.17) is 9.47 Å². The number of likely N-dealkylation sites (tertiary alicyclic amines) is 2. The second kappa shape index (κ2) is 22.6. The highest BCUT2D eigenvalue weighted by atomic mass is 16.5. The molecule has 0 saturated carbocycles. The van der Waals surface area contributed by atoms with Gasteiger partial charge >= 0.3 is 0 Å². The lowest BCUT2D eigenvalue weighted by Crippen LogP contribution is -2.42. The van der Waals surface area contributed by atoms with E-state index >= 15 is 0 Å². The first-order valence-electron chi connectivity index (χ1n) is 16.9. The van der Waals surface area contributed by atoms with Crippen molar-refractivity contribution < 1.29 is 19.1 Å². The van der Waals surface area contributed by atoms with Crippen LogP contribution in [0.4, 0.5) is 0 Å². The molecule has 3 rings (SSSR count). The largest absolute Gasteiger partial charge is 0.380 e.